The molecule has 1 aromatic rings. The van der Waals surface area contributed by atoms with Crippen LogP contribution in [0, 0.1) is 0 Å². The molecule has 6 heteroatoms. The smallest absolute Gasteiger partial charge is 0.205 e. The van der Waals surface area contributed by atoms with Crippen LogP contribution in [0.25, 0.3) is 0 Å². The molecule has 0 radical (unpaired) electrons. The van der Waals surface area contributed by atoms with Gasteiger partial charge in [-0.15, -0.1) is 0 Å². The monoisotopic (exact) mass is 352 g/mol. The number of ether oxygens (including phenoxy) is 1. The summed E-state index contributed by atoms with van der Waals surface area (Å²) in [6, 6.07) is 7.92. The summed E-state index contributed by atoms with van der Waals surface area (Å²) in [6.45, 7) is 2.96. The van der Waals surface area contributed by atoms with Gasteiger partial charge in [0.25, 0.3) is 0 Å². The Morgan fingerprint density at radius 1 is 1.43 bits per heavy atom. The van der Waals surface area contributed by atoms with E-state index in [0.717, 1.165) is 35.9 Å². The Balaban J connectivity index is 1.94. The van der Waals surface area contributed by atoms with Crippen LogP contribution in [0.2, 0.25) is 5.02 Å². The lowest BCUT2D eigenvalue weighted by molar-refractivity contribution is -0.126. The normalized spacial score (nSPS) is 31.0. The van der Waals surface area contributed by atoms with E-state index in [-0.39, 0.29) is 17.9 Å². The van der Waals surface area contributed by atoms with E-state index in [9.17, 15) is 4.79 Å². The molecule has 1 fully saturated rings. The van der Waals surface area contributed by atoms with E-state index >= 15 is 0 Å². The van der Waals surface area contributed by atoms with Crippen LogP contribution >= 0.6 is 19.7 Å². The molecule has 0 aromatic heterocycles. The van der Waals surface area contributed by atoms with Crippen LogP contribution in [0.1, 0.15) is 32.6 Å². The standard InChI is InChI=1S/C17H22ClN2O2P/c1-2-15-14(21)9-11-23(16-8-4-3-6-12(16)18)20-17(22-15)13-7-5-10-19-13/h3-4,6,8,13,15,19H,2,5,7,9-11H2,1H3/b20-17-. The number of Topliss-reactive ketones (excluding diaryl/α,β-unsaturated/α-hetero) is 1. The first-order chi connectivity index (χ1) is 11.2. The Kier molecular flexibility index (Phi) is 5.68. The topological polar surface area (TPSA) is 50.7 Å². The summed E-state index contributed by atoms with van der Waals surface area (Å²) in [7, 11) is -0.867. The third kappa shape index (κ3) is 3.93. The van der Waals surface area contributed by atoms with Crippen molar-refractivity contribution in [1.82, 2.24) is 5.32 Å². The van der Waals surface area contributed by atoms with Crippen LogP contribution in [0.15, 0.2) is 29.0 Å². The Morgan fingerprint density at radius 3 is 2.96 bits per heavy atom. The average molecular weight is 353 g/mol. The minimum absolute atomic E-state index is 0.127. The molecule has 3 rings (SSSR count). The summed E-state index contributed by atoms with van der Waals surface area (Å²) in [5.74, 6) is 0.880. The van der Waals surface area contributed by atoms with Crippen molar-refractivity contribution in [3.63, 3.8) is 0 Å². The molecule has 2 aliphatic heterocycles. The van der Waals surface area contributed by atoms with E-state index in [1.807, 2.05) is 31.2 Å². The lowest BCUT2D eigenvalue weighted by Crippen LogP contribution is -2.38. The molecule has 2 heterocycles. The van der Waals surface area contributed by atoms with Gasteiger partial charge in [0.15, 0.2) is 11.9 Å². The van der Waals surface area contributed by atoms with Gasteiger partial charge in [-0.05, 0) is 38.0 Å². The molecule has 0 saturated carbocycles. The fourth-order valence-corrected chi connectivity index (χ4v) is 5.29. The van der Waals surface area contributed by atoms with E-state index in [1.165, 1.54) is 0 Å². The van der Waals surface area contributed by atoms with Crippen molar-refractivity contribution in [2.45, 2.75) is 44.8 Å². The van der Waals surface area contributed by atoms with Gasteiger partial charge in [-0.1, -0.05) is 36.7 Å². The van der Waals surface area contributed by atoms with Gasteiger partial charge in [0.1, 0.15) is 0 Å². The largest absolute Gasteiger partial charge is 0.468 e. The summed E-state index contributed by atoms with van der Waals surface area (Å²) in [4.78, 5) is 12.4. The second-order valence-corrected chi connectivity index (χ2v) is 8.23. The number of carbonyl (C=O) groups excluding carboxylic acids is 1. The van der Waals surface area contributed by atoms with Crippen molar-refractivity contribution < 1.29 is 9.53 Å². The molecule has 23 heavy (non-hydrogen) atoms. The van der Waals surface area contributed by atoms with Gasteiger partial charge in [0.2, 0.25) is 5.90 Å². The third-order valence-corrected chi connectivity index (χ3v) is 6.76. The molecule has 3 unspecified atom stereocenters. The Hall–Kier alpha value is -0.960. The van der Waals surface area contributed by atoms with E-state index in [0.29, 0.717) is 18.7 Å². The quantitative estimate of drug-likeness (QED) is 0.849. The van der Waals surface area contributed by atoms with E-state index in [2.05, 4.69) is 5.32 Å². The Morgan fingerprint density at radius 2 is 2.26 bits per heavy atom. The maximum atomic E-state index is 12.4. The van der Waals surface area contributed by atoms with Gasteiger partial charge in [0.05, 0.1) is 19.1 Å². The first-order valence-electron chi connectivity index (χ1n) is 8.22. The highest BCUT2D eigenvalue weighted by Crippen LogP contribution is 2.41. The predicted octanol–water partition coefficient (Wildman–Crippen LogP) is 3.28. The molecule has 1 N–H and O–H groups in total. The van der Waals surface area contributed by atoms with Crippen molar-refractivity contribution in [2.75, 3.05) is 12.7 Å². The van der Waals surface area contributed by atoms with Gasteiger partial charge < -0.3 is 10.1 Å². The van der Waals surface area contributed by atoms with Crippen molar-refractivity contribution in [2.24, 2.45) is 4.76 Å². The highest BCUT2D eigenvalue weighted by atomic mass is 35.5. The molecule has 1 saturated heterocycles. The van der Waals surface area contributed by atoms with Crippen LogP contribution in [-0.4, -0.2) is 36.5 Å². The predicted molar refractivity (Wildman–Crippen MR) is 96.1 cm³/mol. The molecule has 3 atom stereocenters. The molecule has 4 nitrogen and oxygen atoms in total. The summed E-state index contributed by atoms with van der Waals surface area (Å²) in [5.41, 5.74) is 0. The molecule has 2 aliphatic rings. The second kappa shape index (κ2) is 7.74. The Bertz CT molecular complexity index is 602. The average Bonchev–Trinajstić information content (AvgIpc) is 3.07. The van der Waals surface area contributed by atoms with Crippen LogP contribution in [0.5, 0.6) is 0 Å². The van der Waals surface area contributed by atoms with Gasteiger partial charge in [-0.25, -0.2) is 4.76 Å². The summed E-state index contributed by atoms with van der Waals surface area (Å²) in [6.07, 6.45) is 3.70. The van der Waals surface area contributed by atoms with Gasteiger partial charge in [0, 0.05) is 11.7 Å². The molecule has 0 aliphatic carbocycles. The molecule has 1 aromatic carbocycles. The lowest BCUT2D eigenvalue weighted by Gasteiger charge is -2.26. The SMILES string of the molecule is CCC1O/C(C2CCCN2)=N\P(c2ccccc2Cl)CCC1=O. The van der Waals surface area contributed by atoms with Gasteiger partial charge in [-0.2, -0.15) is 0 Å². The lowest BCUT2D eigenvalue weighted by atomic mass is 10.1. The van der Waals surface area contributed by atoms with E-state index in [4.69, 9.17) is 21.1 Å². The fourth-order valence-electron chi connectivity index (χ4n) is 2.97. The number of nitrogens with zero attached hydrogens (tertiary/aromatic N) is 1. The first kappa shape index (κ1) is 16.9. The zero-order valence-corrected chi connectivity index (χ0v) is 14.9. The number of hydrogen-bond acceptors (Lipinski definition) is 4. The van der Waals surface area contributed by atoms with Crippen LogP contribution in [0.3, 0.4) is 0 Å². The maximum absolute atomic E-state index is 12.4. The minimum atomic E-state index is -0.867. The minimum Gasteiger partial charge on any atom is -0.468 e. The highest BCUT2D eigenvalue weighted by molar-refractivity contribution is 7.64. The zero-order chi connectivity index (χ0) is 16.2. The van der Waals surface area contributed by atoms with E-state index < -0.39 is 8.07 Å². The summed E-state index contributed by atoms with van der Waals surface area (Å²) < 4.78 is 11.0. The Labute approximate surface area is 143 Å². The molecule has 0 spiro atoms. The van der Waals surface area contributed by atoms with E-state index in [1.54, 1.807) is 0 Å². The zero-order valence-electron chi connectivity index (χ0n) is 13.3. The molecule has 0 amide bonds. The van der Waals surface area contributed by atoms with Gasteiger partial charge in [-0.3, -0.25) is 4.79 Å². The molecule has 124 valence electrons. The summed E-state index contributed by atoms with van der Waals surface area (Å²) >= 11 is 6.36. The highest BCUT2D eigenvalue weighted by Gasteiger charge is 2.31. The van der Waals surface area contributed by atoms with Crippen molar-refractivity contribution in [3.8, 4) is 0 Å². The third-order valence-electron chi connectivity index (χ3n) is 4.27. The second-order valence-electron chi connectivity index (χ2n) is 5.89. The number of halogens is 1. The van der Waals surface area contributed by atoms with Crippen LogP contribution in [0.4, 0.5) is 0 Å². The maximum Gasteiger partial charge on any atom is 0.205 e. The number of carbonyl (C=O) groups is 1. The summed E-state index contributed by atoms with van der Waals surface area (Å²) in [5, 5.41) is 5.19. The number of benzene rings is 1. The van der Waals surface area contributed by atoms with Crippen LogP contribution in [-0.2, 0) is 9.53 Å². The molecular formula is C17H22ClN2O2P. The number of ketones is 1. The van der Waals surface area contributed by atoms with Crippen LogP contribution < -0.4 is 10.6 Å². The van der Waals surface area contributed by atoms with Crippen molar-refractivity contribution in [3.05, 3.63) is 29.3 Å². The molecule has 0 bridgehead atoms. The first-order valence-corrected chi connectivity index (χ1v) is 10.1. The number of hydrogen-bond donors (Lipinski definition) is 1. The fraction of sp³-hybridized carbons (Fsp3) is 0.529. The number of nitrogens with one attached hydrogen (secondary N) is 1. The van der Waals surface area contributed by atoms with Gasteiger partial charge >= 0.3 is 0 Å². The molecular weight excluding hydrogens is 331 g/mol. The van der Waals surface area contributed by atoms with Crippen molar-refractivity contribution in [1.29, 1.82) is 0 Å². The van der Waals surface area contributed by atoms with Crippen molar-refractivity contribution >= 4 is 36.7 Å². The number of rotatable bonds is 3.